The summed E-state index contributed by atoms with van der Waals surface area (Å²) >= 11 is 7.60. The van der Waals surface area contributed by atoms with Crippen LogP contribution in [0.25, 0.3) is 0 Å². The number of nitrogens with one attached hydrogen (secondary N) is 1. The van der Waals surface area contributed by atoms with E-state index in [1.165, 1.54) is 10.9 Å². The Balaban J connectivity index is 2.17. The molecule has 0 aliphatic carbocycles. The van der Waals surface area contributed by atoms with Crippen LogP contribution in [-0.2, 0) is 6.42 Å². The molecule has 114 valence electrons. The topological polar surface area (TPSA) is 12.0 Å². The molecular weight excluding hydrogens is 305 g/mol. The zero-order valence-electron chi connectivity index (χ0n) is 12.6. The Hall–Kier alpha value is -0.900. The number of hydrogen-bond acceptors (Lipinski definition) is 2. The summed E-state index contributed by atoms with van der Waals surface area (Å²) in [5.74, 6) is 0.0483. The normalized spacial score (nSPS) is 13.4. The van der Waals surface area contributed by atoms with E-state index >= 15 is 0 Å². The smallest absolute Gasteiger partial charge is 0.123 e. The number of hydrogen-bond donors (Lipinski definition) is 1. The highest BCUT2D eigenvalue weighted by atomic mass is 35.5. The van der Waals surface area contributed by atoms with Crippen LogP contribution in [0.2, 0.25) is 4.34 Å². The molecule has 1 atom stereocenters. The van der Waals surface area contributed by atoms with Crippen LogP contribution in [0.1, 0.15) is 37.1 Å². The molecule has 0 aliphatic heterocycles. The number of benzene rings is 1. The first kappa shape index (κ1) is 16.5. The molecule has 0 amide bonds. The third kappa shape index (κ3) is 5.42. The molecule has 1 nitrogen and oxygen atoms in total. The van der Waals surface area contributed by atoms with E-state index in [4.69, 9.17) is 11.6 Å². The van der Waals surface area contributed by atoms with Gasteiger partial charge in [-0.15, -0.1) is 11.3 Å². The molecule has 1 heterocycles. The second-order valence-corrected chi connectivity index (χ2v) is 8.09. The minimum atomic E-state index is -0.183. The highest BCUT2D eigenvalue weighted by Crippen LogP contribution is 2.28. The van der Waals surface area contributed by atoms with Crippen molar-refractivity contribution in [3.05, 3.63) is 57.0 Å². The first-order chi connectivity index (χ1) is 9.83. The maximum atomic E-state index is 13.5. The molecule has 0 saturated carbocycles. The van der Waals surface area contributed by atoms with Crippen molar-refractivity contribution in [1.29, 1.82) is 0 Å². The van der Waals surface area contributed by atoms with Crippen LogP contribution >= 0.6 is 22.9 Å². The fourth-order valence-electron chi connectivity index (χ4n) is 2.20. The van der Waals surface area contributed by atoms with Crippen molar-refractivity contribution < 1.29 is 4.39 Å². The van der Waals surface area contributed by atoms with Gasteiger partial charge in [0.25, 0.3) is 0 Å². The molecule has 0 bridgehead atoms. The van der Waals surface area contributed by atoms with Gasteiger partial charge in [-0.05, 0) is 57.0 Å². The lowest BCUT2D eigenvalue weighted by atomic mass is 9.93. The molecule has 2 aromatic rings. The van der Waals surface area contributed by atoms with Gasteiger partial charge in [0.1, 0.15) is 5.82 Å². The summed E-state index contributed by atoms with van der Waals surface area (Å²) in [5, 5.41) is 3.52. The third-order valence-corrected chi connectivity index (χ3v) is 4.53. The van der Waals surface area contributed by atoms with E-state index in [2.05, 4.69) is 32.2 Å². The predicted molar refractivity (Wildman–Crippen MR) is 89.9 cm³/mol. The number of halogens is 2. The Kier molecular flexibility index (Phi) is 5.42. The molecule has 0 saturated heterocycles. The molecule has 1 N–H and O–H groups in total. The van der Waals surface area contributed by atoms with Gasteiger partial charge < -0.3 is 5.32 Å². The quantitative estimate of drug-likeness (QED) is 0.791. The van der Waals surface area contributed by atoms with E-state index in [0.717, 1.165) is 22.9 Å². The average Bonchev–Trinajstić information content (AvgIpc) is 2.79. The second-order valence-electron chi connectivity index (χ2n) is 6.29. The molecule has 1 aromatic heterocycles. The zero-order valence-corrected chi connectivity index (χ0v) is 14.2. The highest BCUT2D eigenvalue weighted by molar-refractivity contribution is 7.16. The Bertz CT molecular complexity index is 588. The lowest BCUT2D eigenvalue weighted by Crippen LogP contribution is -2.39. The third-order valence-electron chi connectivity index (χ3n) is 3.28. The molecular formula is C17H21ClFNS. The minimum Gasteiger partial charge on any atom is -0.311 e. The van der Waals surface area contributed by atoms with Crippen molar-refractivity contribution in [2.24, 2.45) is 0 Å². The van der Waals surface area contributed by atoms with Gasteiger partial charge in [-0.2, -0.15) is 0 Å². The molecule has 0 radical (unpaired) electrons. The summed E-state index contributed by atoms with van der Waals surface area (Å²) < 4.78 is 14.3. The Morgan fingerprint density at radius 2 is 2.00 bits per heavy atom. The molecule has 2 rings (SSSR count). The number of thiophene rings is 1. The zero-order chi connectivity index (χ0) is 15.5. The van der Waals surface area contributed by atoms with Gasteiger partial charge in [0.05, 0.1) is 4.34 Å². The van der Waals surface area contributed by atoms with Crippen molar-refractivity contribution >= 4 is 22.9 Å². The first-order valence-electron chi connectivity index (χ1n) is 7.08. The summed E-state index contributed by atoms with van der Waals surface area (Å²) in [6.45, 7) is 7.22. The van der Waals surface area contributed by atoms with Crippen molar-refractivity contribution in [2.45, 2.75) is 38.6 Å². The van der Waals surface area contributed by atoms with Gasteiger partial charge in [-0.3, -0.25) is 0 Å². The molecule has 1 unspecified atom stereocenters. The average molecular weight is 326 g/mol. The Morgan fingerprint density at radius 3 is 2.57 bits per heavy atom. The Labute approximate surface area is 135 Å². The minimum absolute atomic E-state index is 0.0403. The van der Waals surface area contributed by atoms with Crippen LogP contribution in [0.4, 0.5) is 4.39 Å². The summed E-state index contributed by atoms with van der Waals surface area (Å²) in [6.07, 6.45) is 0.865. The van der Waals surface area contributed by atoms with E-state index in [9.17, 15) is 4.39 Å². The monoisotopic (exact) mass is 325 g/mol. The van der Waals surface area contributed by atoms with E-state index in [-0.39, 0.29) is 17.3 Å². The van der Waals surface area contributed by atoms with Crippen LogP contribution in [0.15, 0.2) is 36.4 Å². The lowest BCUT2D eigenvalue weighted by molar-refractivity contribution is 0.405. The molecule has 4 heteroatoms. The van der Waals surface area contributed by atoms with Gasteiger partial charge in [0.15, 0.2) is 0 Å². The standard InChI is InChI=1S/C17H21ClFNS/c1-17(2,3)20-11-13(10-15-7-8-16(18)21-15)12-5-4-6-14(19)9-12/h4-9,13,20H,10-11H2,1-3H3. The van der Waals surface area contributed by atoms with E-state index < -0.39 is 0 Å². The van der Waals surface area contributed by atoms with E-state index in [1.54, 1.807) is 23.5 Å². The summed E-state index contributed by atoms with van der Waals surface area (Å²) in [6, 6.07) is 10.9. The van der Waals surface area contributed by atoms with Gasteiger partial charge >= 0.3 is 0 Å². The van der Waals surface area contributed by atoms with Crippen molar-refractivity contribution in [2.75, 3.05) is 6.54 Å². The molecule has 21 heavy (non-hydrogen) atoms. The Morgan fingerprint density at radius 1 is 1.24 bits per heavy atom. The van der Waals surface area contributed by atoms with Gasteiger partial charge in [-0.25, -0.2) is 4.39 Å². The van der Waals surface area contributed by atoms with Crippen molar-refractivity contribution in [3.63, 3.8) is 0 Å². The molecule has 0 spiro atoms. The number of rotatable bonds is 5. The lowest BCUT2D eigenvalue weighted by Gasteiger charge is -2.25. The largest absolute Gasteiger partial charge is 0.311 e. The highest BCUT2D eigenvalue weighted by Gasteiger charge is 2.17. The molecule has 0 aliphatic rings. The fraction of sp³-hybridized carbons (Fsp3) is 0.412. The van der Waals surface area contributed by atoms with E-state index in [1.807, 2.05) is 12.1 Å². The van der Waals surface area contributed by atoms with Crippen LogP contribution in [0.3, 0.4) is 0 Å². The van der Waals surface area contributed by atoms with Gasteiger partial charge in [0.2, 0.25) is 0 Å². The fourth-order valence-corrected chi connectivity index (χ4v) is 3.37. The summed E-state index contributed by atoms with van der Waals surface area (Å²) in [7, 11) is 0. The first-order valence-corrected chi connectivity index (χ1v) is 8.28. The molecule has 0 fully saturated rings. The van der Waals surface area contributed by atoms with Gasteiger partial charge in [0, 0.05) is 22.9 Å². The van der Waals surface area contributed by atoms with Crippen LogP contribution < -0.4 is 5.32 Å². The summed E-state index contributed by atoms with van der Waals surface area (Å²) in [4.78, 5) is 1.23. The predicted octanol–water partition coefficient (Wildman–Crippen LogP) is 5.26. The van der Waals surface area contributed by atoms with Crippen LogP contribution in [0, 0.1) is 5.82 Å². The van der Waals surface area contributed by atoms with Crippen molar-refractivity contribution in [1.82, 2.24) is 5.32 Å². The van der Waals surface area contributed by atoms with Crippen LogP contribution in [-0.4, -0.2) is 12.1 Å². The van der Waals surface area contributed by atoms with Gasteiger partial charge in [-0.1, -0.05) is 23.7 Å². The van der Waals surface area contributed by atoms with Crippen molar-refractivity contribution in [3.8, 4) is 0 Å². The van der Waals surface area contributed by atoms with Crippen LogP contribution in [0.5, 0.6) is 0 Å². The maximum absolute atomic E-state index is 13.5. The maximum Gasteiger partial charge on any atom is 0.123 e. The molecule has 1 aromatic carbocycles. The summed E-state index contributed by atoms with van der Waals surface area (Å²) in [5.41, 5.74) is 1.06. The van der Waals surface area contributed by atoms with E-state index in [0.29, 0.717) is 0 Å². The SMILES string of the molecule is CC(C)(C)NCC(Cc1ccc(Cl)s1)c1cccc(F)c1. The second kappa shape index (κ2) is 6.91.